The van der Waals surface area contributed by atoms with Gasteiger partial charge in [-0.1, -0.05) is 19.3 Å². The molecule has 1 fully saturated rings. The Morgan fingerprint density at radius 2 is 1.32 bits per heavy atom. The smallest absolute Gasteiger partial charge is 1.00 e. The summed E-state index contributed by atoms with van der Waals surface area (Å²) >= 11 is 0. The summed E-state index contributed by atoms with van der Waals surface area (Å²) in [5, 5.41) is 8.91. The van der Waals surface area contributed by atoms with Gasteiger partial charge in [-0.25, -0.2) is 24.3 Å². The Kier molecular flexibility index (Phi) is 18.2. The van der Waals surface area contributed by atoms with Gasteiger partial charge in [-0.15, -0.1) is 12.8 Å². The number of halogens is 1. The van der Waals surface area contributed by atoms with Crippen molar-refractivity contribution in [1.82, 2.24) is 0 Å². The van der Waals surface area contributed by atoms with Crippen molar-refractivity contribution in [3.8, 4) is 0 Å². The molecule has 1 N–H and O–H groups in total. The molecule has 0 heterocycles. The summed E-state index contributed by atoms with van der Waals surface area (Å²) < 4.78 is 0. The van der Waals surface area contributed by atoms with Crippen molar-refractivity contribution in [1.29, 1.82) is 0 Å². The molecule has 3 aliphatic carbocycles. The second-order valence-corrected chi connectivity index (χ2v) is 4.30. The van der Waals surface area contributed by atoms with Gasteiger partial charge in [0, 0.05) is 0 Å². The summed E-state index contributed by atoms with van der Waals surface area (Å²) in [5.74, 6) is 0. The van der Waals surface area contributed by atoms with Gasteiger partial charge in [-0.05, 0) is 12.8 Å². The van der Waals surface area contributed by atoms with E-state index >= 15 is 0 Å². The molecule has 3 heteroatoms. The molecule has 0 bridgehead atoms. The summed E-state index contributed by atoms with van der Waals surface area (Å²) in [6.07, 6.45) is 25.9. The molecule has 0 saturated heterocycles. The van der Waals surface area contributed by atoms with E-state index in [1.807, 2.05) is 24.3 Å². The van der Waals surface area contributed by atoms with Crippen LogP contribution in [-0.4, -0.2) is 11.2 Å². The Balaban J connectivity index is 0. The number of hydrogen-bond donors (Lipinski definition) is 1. The topological polar surface area (TPSA) is 20.2 Å². The maximum absolute atomic E-state index is 8.91. The molecule has 1 radical (unpaired) electrons. The molecular weight excluding hydrogens is 335 g/mol. The molecule has 0 atom stereocenters. The van der Waals surface area contributed by atoms with E-state index < -0.39 is 0 Å². The molecule has 1 saturated carbocycles. The Bertz CT molecular complexity index is 247. The van der Waals surface area contributed by atoms with Gasteiger partial charge in [0.2, 0.25) is 0 Å². The number of hydrogen-bond acceptors (Lipinski definition) is 1. The number of rotatable bonds is 0. The van der Waals surface area contributed by atoms with Crippen molar-refractivity contribution in [3.05, 3.63) is 48.6 Å². The number of allylic oxidation sites excluding steroid dienone is 8. The van der Waals surface area contributed by atoms with Crippen LogP contribution < -0.4 is 12.4 Å². The zero-order valence-corrected chi connectivity index (χ0v) is 14.5. The zero-order valence-electron chi connectivity index (χ0n) is 11.3. The average molecular weight is 357 g/mol. The van der Waals surface area contributed by atoms with Crippen LogP contribution in [0.5, 0.6) is 0 Å². The van der Waals surface area contributed by atoms with Crippen LogP contribution in [0.1, 0.15) is 44.9 Å². The molecule has 0 aromatic heterocycles. The summed E-state index contributed by atoms with van der Waals surface area (Å²) in [6, 6.07) is 0. The largest absolute Gasteiger partial charge is 3.00 e. The van der Waals surface area contributed by atoms with E-state index in [2.05, 4.69) is 24.3 Å². The first-order chi connectivity index (χ1) is 8.39. The Morgan fingerprint density at radius 1 is 0.842 bits per heavy atom. The van der Waals surface area contributed by atoms with Crippen LogP contribution in [0, 0.1) is 12.2 Å². The first-order valence-electron chi connectivity index (χ1n) is 6.51. The number of aliphatic hydroxyl groups is 1. The van der Waals surface area contributed by atoms with E-state index in [1.165, 1.54) is 19.3 Å². The molecule has 0 spiro atoms. The monoisotopic (exact) mass is 355 g/mol. The van der Waals surface area contributed by atoms with Crippen LogP contribution in [-0.2, 0) is 26.2 Å². The fraction of sp³-hybridized carbons (Fsp3) is 0.500. The van der Waals surface area contributed by atoms with Crippen LogP contribution in [0.4, 0.5) is 0 Å². The molecule has 103 valence electrons. The predicted molar refractivity (Wildman–Crippen MR) is 72.2 cm³/mol. The van der Waals surface area contributed by atoms with Crippen LogP contribution in [0.15, 0.2) is 36.5 Å². The fourth-order valence-corrected chi connectivity index (χ4v) is 1.76. The van der Waals surface area contributed by atoms with Gasteiger partial charge in [0.15, 0.2) is 0 Å². The van der Waals surface area contributed by atoms with Gasteiger partial charge in [-0.3, -0.25) is 12.2 Å². The van der Waals surface area contributed by atoms with Crippen LogP contribution in [0.25, 0.3) is 0 Å². The molecule has 0 aliphatic heterocycles. The molecular formula is C16H22ClOZr. The third-order valence-electron chi connectivity index (χ3n) is 2.75. The van der Waals surface area contributed by atoms with Crippen molar-refractivity contribution < 1.29 is 43.7 Å². The SMILES string of the molecule is OC1CCCCC1.[C-]1=CC=CC1.[C-]1=CC=CC1.[Cl-].[Zr+3]. The number of aliphatic hydroxyl groups excluding tert-OH is 1. The van der Waals surface area contributed by atoms with E-state index in [1.54, 1.807) is 0 Å². The minimum Gasteiger partial charge on any atom is -1.00 e. The maximum atomic E-state index is 8.91. The second-order valence-electron chi connectivity index (χ2n) is 4.30. The first kappa shape index (κ1) is 21.4. The third-order valence-corrected chi connectivity index (χ3v) is 2.75. The molecule has 19 heavy (non-hydrogen) atoms. The fourth-order valence-electron chi connectivity index (χ4n) is 1.76. The van der Waals surface area contributed by atoms with Gasteiger partial charge in [0.05, 0.1) is 6.10 Å². The van der Waals surface area contributed by atoms with Gasteiger partial charge >= 0.3 is 26.2 Å². The molecule has 0 aromatic carbocycles. The van der Waals surface area contributed by atoms with Crippen molar-refractivity contribution >= 4 is 0 Å². The molecule has 0 amide bonds. The standard InChI is InChI=1S/C6H12O.2C5H5.ClH.Zr/c7-6-4-2-1-3-5-6;2*1-2-4-5-3-1;;/h6-7H,1-5H2;2*1-3H,4H2;1H;/q;2*-1;;+3/p-1. The van der Waals surface area contributed by atoms with E-state index in [4.69, 9.17) is 5.11 Å². The van der Waals surface area contributed by atoms with E-state index in [-0.39, 0.29) is 44.7 Å². The predicted octanol–water partition coefficient (Wildman–Crippen LogP) is 0.924. The summed E-state index contributed by atoms with van der Waals surface area (Å²) in [4.78, 5) is 0. The van der Waals surface area contributed by atoms with Crippen molar-refractivity contribution in [2.24, 2.45) is 0 Å². The van der Waals surface area contributed by atoms with Crippen molar-refractivity contribution in [2.45, 2.75) is 51.0 Å². The molecule has 3 aliphatic rings. The van der Waals surface area contributed by atoms with Gasteiger partial charge in [-0.2, -0.15) is 12.2 Å². The Hall–Kier alpha value is 0.0931. The molecule has 3 rings (SSSR count). The Morgan fingerprint density at radius 3 is 1.47 bits per heavy atom. The summed E-state index contributed by atoms with van der Waals surface area (Å²) in [6.45, 7) is 0. The molecule has 0 unspecified atom stereocenters. The maximum Gasteiger partial charge on any atom is 3.00 e. The van der Waals surface area contributed by atoms with Gasteiger partial charge < -0.3 is 17.5 Å². The molecule has 0 aromatic rings. The first-order valence-corrected chi connectivity index (χ1v) is 6.51. The summed E-state index contributed by atoms with van der Waals surface area (Å²) in [5.41, 5.74) is 0. The van der Waals surface area contributed by atoms with Crippen LogP contribution in [0.3, 0.4) is 0 Å². The zero-order chi connectivity index (χ0) is 12.2. The minimum atomic E-state index is 0. The van der Waals surface area contributed by atoms with E-state index in [0.29, 0.717) is 0 Å². The Labute approximate surface area is 143 Å². The van der Waals surface area contributed by atoms with E-state index in [0.717, 1.165) is 25.7 Å². The third kappa shape index (κ3) is 14.3. The van der Waals surface area contributed by atoms with Gasteiger partial charge in [0.25, 0.3) is 0 Å². The second kappa shape index (κ2) is 16.1. The van der Waals surface area contributed by atoms with Crippen molar-refractivity contribution in [2.75, 3.05) is 0 Å². The van der Waals surface area contributed by atoms with Crippen LogP contribution >= 0.6 is 0 Å². The quantitative estimate of drug-likeness (QED) is 0.640. The average Bonchev–Trinajstić information content (AvgIpc) is 3.09. The van der Waals surface area contributed by atoms with E-state index in [9.17, 15) is 0 Å². The normalized spacial score (nSPS) is 18.6. The van der Waals surface area contributed by atoms with Crippen LogP contribution in [0.2, 0.25) is 0 Å². The van der Waals surface area contributed by atoms with Gasteiger partial charge in [0.1, 0.15) is 0 Å². The van der Waals surface area contributed by atoms with Crippen molar-refractivity contribution in [3.63, 3.8) is 0 Å². The molecule has 1 nitrogen and oxygen atoms in total. The summed E-state index contributed by atoms with van der Waals surface area (Å²) in [7, 11) is 0. The minimum absolute atomic E-state index is 0.